The lowest BCUT2D eigenvalue weighted by molar-refractivity contribution is 0.0811. The standard InChI is InChI=1S/C15H19ClFN/c16-14-6-5-13(17)7-11(14)8-15(9-18-10-15)12-3-1-2-4-12/h5-7,12,18H,1-4,8-10H2. The molecule has 0 spiro atoms. The Kier molecular flexibility index (Phi) is 3.33. The summed E-state index contributed by atoms with van der Waals surface area (Å²) in [6.07, 6.45) is 6.27. The maximum Gasteiger partial charge on any atom is 0.123 e. The zero-order valence-corrected chi connectivity index (χ0v) is 11.3. The Morgan fingerprint density at radius 3 is 2.61 bits per heavy atom. The van der Waals surface area contributed by atoms with Gasteiger partial charge in [0.05, 0.1) is 0 Å². The average molecular weight is 268 g/mol. The Morgan fingerprint density at radius 2 is 2.00 bits per heavy atom. The second kappa shape index (κ2) is 4.82. The van der Waals surface area contributed by atoms with Crippen molar-refractivity contribution < 1.29 is 4.39 Å². The molecule has 98 valence electrons. The van der Waals surface area contributed by atoms with Crippen molar-refractivity contribution in [1.82, 2.24) is 5.32 Å². The minimum atomic E-state index is -0.178. The molecule has 3 rings (SSSR count). The normalized spacial score (nSPS) is 23.0. The molecule has 1 aromatic rings. The summed E-state index contributed by atoms with van der Waals surface area (Å²) in [5, 5.41) is 4.11. The number of nitrogens with one attached hydrogen (secondary N) is 1. The van der Waals surface area contributed by atoms with Crippen LogP contribution < -0.4 is 5.32 Å². The van der Waals surface area contributed by atoms with E-state index in [0.29, 0.717) is 10.4 Å². The fraction of sp³-hybridized carbons (Fsp3) is 0.600. The van der Waals surface area contributed by atoms with E-state index in [-0.39, 0.29) is 5.82 Å². The summed E-state index contributed by atoms with van der Waals surface area (Å²) in [5.74, 6) is 0.612. The van der Waals surface area contributed by atoms with E-state index >= 15 is 0 Å². The molecule has 0 unspecified atom stereocenters. The third-order valence-electron chi connectivity index (χ3n) is 4.73. The Balaban J connectivity index is 1.82. The Labute approximate surface area is 113 Å². The molecule has 0 atom stereocenters. The molecule has 1 nitrogen and oxygen atoms in total. The fourth-order valence-electron chi connectivity index (χ4n) is 3.60. The first-order valence-electron chi connectivity index (χ1n) is 6.84. The highest BCUT2D eigenvalue weighted by molar-refractivity contribution is 6.31. The summed E-state index contributed by atoms with van der Waals surface area (Å²) in [5.41, 5.74) is 1.30. The first kappa shape index (κ1) is 12.4. The van der Waals surface area contributed by atoms with Gasteiger partial charge in [-0.3, -0.25) is 0 Å². The zero-order chi connectivity index (χ0) is 12.6. The van der Waals surface area contributed by atoms with Gasteiger partial charge in [0, 0.05) is 23.5 Å². The Morgan fingerprint density at radius 1 is 1.28 bits per heavy atom. The van der Waals surface area contributed by atoms with Gasteiger partial charge in [-0.15, -0.1) is 0 Å². The van der Waals surface area contributed by atoms with E-state index < -0.39 is 0 Å². The molecule has 1 aromatic carbocycles. The molecule has 0 radical (unpaired) electrons. The monoisotopic (exact) mass is 267 g/mol. The van der Waals surface area contributed by atoms with Crippen LogP contribution in [0.15, 0.2) is 18.2 Å². The van der Waals surface area contributed by atoms with Gasteiger partial charge in [-0.2, -0.15) is 0 Å². The lowest BCUT2D eigenvalue weighted by Crippen LogP contribution is -2.58. The van der Waals surface area contributed by atoms with E-state index in [1.54, 1.807) is 12.1 Å². The second-order valence-corrected chi connectivity index (χ2v) is 6.27. The van der Waals surface area contributed by atoms with Gasteiger partial charge in [-0.1, -0.05) is 24.4 Å². The van der Waals surface area contributed by atoms with Gasteiger partial charge >= 0.3 is 0 Å². The first-order chi connectivity index (χ1) is 8.70. The molecule has 2 fully saturated rings. The summed E-state index contributed by atoms with van der Waals surface area (Å²) in [7, 11) is 0. The molecule has 1 aliphatic carbocycles. The molecule has 18 heavy (non-hydrogen) atoms. The van der Waals surface area contributed by atoms with E-state index in [9.17, 15) is 4.39 Å². The third-order valence-corrected chi connectivity index (χ3v) is 5.09. The maximum atomic E-state index is 13.3. The highest BCUT2D eigenvalue weighted by Gasteiger charge is 2.44. The number of hydrogen-bond acceptors (Lipinski definition) is 1. The van der Waals surface area contributed by atoms with Crippen molar-refractivity contribution in [2.45, 2.75) is 32.1 Å². The largest absolute Gasteiger partial charge is 0.315 e. The van der Waals surface area contributed by atoms with Gasteiger partial charge in [0.1, 0.15) is 5.82 Å². The van der Waals surface area contributed by atoms with Gasteiger partial charge in [0.2, 0.25) is 0 Å². The maximum absolute atomic E-state index is 13.3. The average Bonchev–Trinajstić information content (AvgIpc) is 2.82. The predicted octanol–water partition coefficient (Wildman–Crippen LogP) is 3.80. The Bertz CT molecular complexity index is 436. The molecule has 1 aliphatic heterocycles. The van der Waals surface area contributed by atoms with E-state index in [1.165, 1.54) is 31.7 Å². The molecule has 2 aliphatic rings. The molecule has 0 amide bonds. The predicted molar refractivity (Wildman–Crippen MR) is 72.4 cm³/mol. The van der Waals surface area contributed by atoms with Crippen LogP contribution in [0.4, 0.5) is 4.39 Å². The van der Waals surface area contributed by atoms with E-state index in [2.05, 4.69) is 5.32 Å². The number of hydrogen-bond donors (Lipinski definition) is 1. The third kappa shape index (κ3) is 2.17. The number of rotatable bonds is 3. The highest BCUT2D eigenvalue weighted by atomic mass is 35.5. The lowest BCUT2D eigenvalue weighted by Gasteiger charge is -2.48. The van der Waals surface area contributed by atoms with Gasteiger partial charge in [-0.25, -0.2) is 4.39 Å². The number of halogens is 2. The van der Waals surface area contributed by atoms with Crippen molar-refractivity contribution in [2.24, 2.45) is 11.3 Å². The SMILES string of the molecule is Fc1ccc(Cl)c(CC2(C3CCCC3)CNC2)c1. The minimum absolute atomic E-state index is 0.178. The summed E-state index contributed by atoms with van der Waals surface area (Å²) in [6, 6.07) is 4.73. The van der Waals surface area contributed by atoms with Gasteiger partial charge < -0.3 is 5.32 Å². The number of benzene rings is 1. The zero-order valence-electron chi connectivity index (χ0n) is 10.5. The van der Waals surface area contributed by atoms with Crippen LogP contribution in [-0.2, 0) is 6.42 Å². The van der Waals surface area contributed by atoms with Crippen molar-refractivity contribution >= 4 is 11.6 Å². The molecule has 1 saturated heterocycles. The highest BCUT2D eigenvalue weighted by Crippen LogP contribution is 2.45. The van der Waals surface area contributed by atoms with Crippen LogP contribution >= 0.6 is 11.6 Å². The summed E-state index contributed by atoms with van der Waals surface area (Å²) in [6.45, 7) is 2.12. The molecular formula is C15H19ClFN. The minimum Gasteiger partial charge on any atom is -0.315 e. The van der Waals surface area contributed by atoms with Crippen LogP contribution in [0.5, 0.6) is 0 Å². The van der Waals surface area contributed by atoms with Gasteiger partial charge in [-0.05, 0) is 48.9 Å². The van der Waals surface area contributed by atoms with Crippen molar-refractivity contribution in [3.63, 3.8) is 0 Å². The van der Waals surface area contributed by atoms with Crippen LogP contribution in [0.1, 0.15) is 31.2 Å². The molecule has 0 bridgehead atoms. The lowest BCUT2D eigenvalue weighted by atomic mass is 9.66. The molecule has 1 saturated carbocycles. The summed E-state index contributed by atoms with van der Waals surface area (Å²) >= 11 is 6.20. The van der Waals surface area contributed by atoms with Gasteiger partial charge in [0.25, 0.3) is 0 Å². The van der Waals surface area contributed by atoms with Crippen LogP contribution in [-0.4, -0.2) is 13.1 Å². The van der Waals surface area contributed by atoms with Crippen LogP contribution in [0.2, 0.25) is 5.02 Å². The van der Waals surface area contributed by atoms with E-state index in [4.69, 9.17) is 11.6 Å². The topological polar surface area (TPSA) is 12.0 Å². The first-order valence-corrected chi connectivity index (χ1v) is 7.22. The summed E-state index contributed by atoms with van der Waals surface area (Å²) < 4.78 is 13.3. The molecule has 0 aromatic heterocycles. The van der Waals surface area contributed by atoms with Crippen LogP contribution in [0, 0.1) is 17.2 Å². The van der Waals surface area contributed by atoms with E-state index in [1.807, 2.05) is 0 Å². The van der Waals surface area contributed by atoms with Crippen molar-refractivity contribution in [1.29, 1.82) is 0 Å². The van der Waals surface area contributed by atoms with Crippen LogP contribution in [0.3, 0.4) is 0 Å². The molecule has 3 heteroatoms. The molecular weight excluding hydrogens is 249 g/mol. The van der Waals surface area contributed by atoms with Gasteiger partial charge in [0.15, 0.2) is 0 Å². The smallest absolute Gasteiger partial charge is 0.123 e. The molecule has 1 N–H and O–H groups in total. The summed E-state index contributed by atoms with van der Waals surface area (Å²) in [4.78, 5) is 0. The second-order valence-electron chi connectivity index (χ2n) is 5.86. The fourth-order valence-corrected chi connectivity index (χ4v) is 3.78. The van der Waals surface area contributed by atoms with E-state index in [0.717, 1.165) is 31.0 Å². The van der Waals surface area contributed by atoms with Crippen LogP contribution in [0.25, 0.3) is 0 Å². The van der Waals surface area contributed by atoms with Crippen molar-refractivity contribution in [3.8, 4) is 0 Å². The quantitative estimate of drug-likeness (QED) is 0.878. The molecule has 1 heterocycles. The van der Waals surface area contributed by atoms with Crippen molar-refractivity contribution in [2.75, 3.05) is 13.1 Å². The Hall–Kier alpha value is -0.600. The van der Waals surface area contributed by atoms with Crippen molar-refractivity contribution in [3.05, 3.63) is 34.6 Å².